The SMILES string of the molecule is Cc1cncc(N2CCOCC2)c1. The van der Waals surface area contributed by atoms with Crippen molar-refractivity contribution in [2.24, 2.45) is 0 Å². The Bertz CT molecular complexity index is 282. The van der Waals surface area contributed by atoms with E-state index >= 15 is 0 Å². The molecule has 1 aromatic rings. The Morgan fingerprint density at radius 1 is 1.31 bits per heavy atom. The molecule has 0 unspecified atom stereocenters. The second kappa shape index (κ2) is 3.75. The third-order valence-electron chi connectivity index (χ3n) is 2.24. The standard InChI is InChI=1S/C10H14N2O/c1-9-6-10(8-11-7-9)12-2-4-13-5-3-12/h6-8H,2-5H2,1H3. The van der Waals surface area contributed by atoms with Gasteiger partial charge in [0.1, 0.15) is 0 Å². The highest BCUT2D eigenvalue weighted by Crippen LogP contribution is 2.14. The Hall–Kier alpha value is -1.09. The number of pyridine rings is 1. The van der Waals surface area contributed by atoms with E-state index in [-0.39, 0.29) is 0 Å². The van der Waals surface area contributed by atoms with Crippen LogP contribution in [0.3, 0.4) is 0 Å². The van der Waals surface area contributed by atoms with Gasteiger partial charge in [0.25, 0.3) is 0 Å². The van der Waals surface area contributed by atoms with Gasteiger partial charge in [-0.05, 0) is 18.6 Å². The van der Waals surface area contributed by atoms with Gasteiger partial charge in [0.05, 0.1) is 25.1 Å². The molecule has 3 heteroatoms. The smallest absolute Gasteiger partial charge is 0.0642 e. The first kappa shape index (κ1) is 8.51. The lowest BCUT2D eigenvalue weighted by atomic mass is 10.2. The molecule has 0 radical (unpaired) electrons. The van der Waals surface area contributed by atoms with Gasteiger partial charge in [-0.3, -0.25) is 4.98 Å². The molecule has 0 aromatic carbocycles. The molecule has 0 saturated carbocycles. The maximum atomic E-state index is 5.29. The Kier molecular flexibility index (Phi) is 2.45. The lowest BCUT2D eigenvalue weighted by molar-refractivity contribution is 0.122. The average molecular weight is 178 g/mol. The van der Waals surface area contributed by atoms with Crippen molar-refractivity contribution < 1.29 is 4.74 Å². The number of ether oxygens (including phenoxy) is 1. The minimum Gasteiger partial charge on any atom is -0.378 e. The molecule has 3 nitrogen and oxygen atoms in total. The summed E-state index contributed by atoms with van der Waals surface area (Å²) in [6.45, 7) is 5.68. The summed E-state index contributed by atoms with van der Waals surface area (Å²) in [5.41, 5.74) is 2.42. The zero-order valence-corrected chi connectivity index (χ0v) is 7.86. The van der Waals surface area contributed by atoms with Crippen molar-refractivity contribution in [3.63, 3.8) is 0 Å². The average Bonchev–Trinajstić information content (AvgIpc) is 2.19. The summed E-state index contributed by atoms with van der Waals surface area (Å²) in [7, 11) is 0. The Labute approximate surface area is 78.3 Å². The van der Waals surface area contributed by atoms with Crippen LogP contribution in [0, 0.1) is 6.92 Å². The largest absolute Gasteiger partial charge is 0.378 e. The van der Waals surface area contributed by atoms with Gasteiger partial charge in [0, 0.05) is 19.3 Å². The first-order valence-corrected chi connectivity index (χ1v) is 4.60. The highest BCUT2D eigenvalue weighted by Gasteiger charge is 2.10. The summed E-state index contributed by atoms with van der Waals surface area (Å²) in [5.74, 6) is 0. The van der Waals surface area contributed by atoms with Crippen LogP contribution >= 0.6 is 0 Å². The number of hydrogen-bond acceptors (Lipinski definition) is 3. The van der Waals surface area contributed by atoms with Gasteiger partial charge < -0.3 is 9.64 Å². The molecule has 2 rings (SSSR count). The first-order valence-electron chi connectivity index (χ1n) is 4.60. The number of rotatable bonds is 1. The third kappa shape index (κ3) is 1.98. The van der Waals surface area contributed by atoms with E-state index in [9.17, 15) is 0 Å². The van der Waals surface area contributed by atoms with Crippen LogP contribution < -0.4 is 4.90 Å². The molecule has 70 valence electrons. The van der Waals surface area contributed by atoms with E-state index in [0.717, 1.165) is 26.3 Å². The molecule has 13 heavy (non-hydrogen) atoms. The Morgan fingerprint density at radius 2 is 2.08 bits per heavy atom. The third-order valence-corrected chi connectivity index (χ3v) is 2.24. The minimum absolute atomic E-state index is 0.827. The molecule has 1 aromatic heterocycles. The van der Waals surface area contributed by atoms with E-state index in [0.29, 0.717) is 0 Å². The van der Waals surface area contributed by atoms with Gasteiger partial charge in [-0.2, -0.15) is 0 Å². The lowest BCUT2D eigenvalue weighted by Crippen LogP contribution is -2.36. The molecule has 0 atom stereocenters. The summed E-state index contributed by atoms with van der Waals surface area (Å²) < 4.78 is 5.29. The van der Waals surface area contributed by atoms with Crippen molar-refractivity contribution in [2.75, 3.05) is 31.2 Å². The summed E-state index contributed by atoms with van der Waals surface area (Å²) >= 11 is 0. The van der Waals surface area contributed by atoms with Gasteiger partial charge in [0.15, 0.2) is 0 Å². The van der Waals surface area contributed by atoms with E-state index in [4.69, 9.17) is 4.74 Å². The number of anilines is 1. The summed E-state index contributed by atoms with van der Waals surface area (Å²) in [6.07, 6.45) is 3.79. The molecule has 0 N–H and O–H groups in total. The molecule has 2 heterocycles. The quantitative estimate of drug-likeness (QED) is 0.646. The molecular formula is C10H14N2O. The van der Waals surface area contributed by atoms with Crippen LogP contribution in [-0.2, 0) is 4.74 Å². The second-order valence-corrected chi connectivity index (χ2v) is 3.32. The fourth-order valence-electron chi connectivity index (χ4n) is 1.53. The van der Waals surface area contributed by atoms with Crippen LogP contribution in [0.1, 0.15) is 5.56 Å². The number of hydrogen-bond donors (Lipinski definition) is 0. The topological polar surface area (TPSA) is 25.4 Å². The Balaban J connectivity index is 2.14. The minimum atomic E-state index is 0.827. The van der Waals surface area contributed by atoms with Crippen molar-refractivity contribution in [2.45, 2.75) is 6.92 Å². The lowest BCUT2D eigenvalue weighted by Gasteiger charge is -2.28. The van der Waals surface area contributed by atoms with Crippen LogP contribution in [0.15, 0.2) is 18.5 Å². The molecular weight excluding hydrogens is 164 g/mol. The van der Waals surface area contributed by atoms with Gasteiger partial charge in [-0.25, -0.2) is 0 Å². The van der Waals surface area contributed by atoms with Crippen molar-refractivity contribution in [1.29, 1.82) is 0 Å². The van der Waals surface area contributed by atoms with Gasteiger partial charge in [0.2, 0.25) is 0 Å². The number of aromatic nitrogens is 1. The van der Waals surface area contributed by atoms with E-state index in [1.54, 1.807) is 0 Å². The van der Waals surface area contributed by atoms with Gasteiger partial charge in [-0.1, -0.05) is 0 Å². The highest BCUT2D eigenvalue weighted by atomic mass is 16.5. The van der Waals surface area contributed by atoms with Crippen LogP contribution in [-0.4, -0.2) is 31.3 Å². The van der Waals surface area contributed by atoms with E-state index in [1.165, 1.54) is 11.3 Å². The molecule has 0 spiro atoms. The van der Waals surface area contributed by atoms with E-state index in [1.807, 2.05) is 12.4 Å². The molecule has 1 saturated heterocycles. The summed E-state index contributed by atoms with van der Waals surface area (Å²) in [4.78, 5) is 6.49. The molecule has 0 bridgehead atoms. The zero-order chi connectivity index (χ0) is 9.10. The number of aryl methyl sites for hydroxylation is 1. The predicted molar refractivity (Wildman–Crippen MR) is 52.0 cm³/mol. The monoisotopic (exact) mass is 178 g/mol. The fraction of sp³-hybridized carbons (Fsp3) is 0.500. The summed E-state index contributed by atoms with van der Waals surface area (Å²) in [5, 5.41) is 0. The first-order chi connectivity index (χ1) is 6.36. The number of morpholine rings is 1. The maximum absolute atomic E-state index is 5.29. The zero-order valence-electron chi connectivity index (χ0n) is 7.86. The normalized spacial score (nSPS) is 17.5. The molecule has 1 aliphatic rings. The van der Waals surface area contributed by atoms with Crippen molar-refractivity contribution in [3.8, 4) is 0 Å². The second-order valence-electron chi connectivity index (χ2n) is 3.32. The highest BCUT2D eigenvalue weighted by molar-refractivity contribution is 5.46. The number of nitrogens with zero attached hydrogens (tertiary/aromatic N) is 2. The molecule has 1 aliphatic heterocycles. The van der Waals surface area contributed by atoms with Crippen molar-refractivity contribution in [3.05, 3.63) is 24.0 Å². The Morgan fingerprint density at radius 3 is 2.77 bits per heavy atom. The van der Waals surface area contributed by atoms with Gasteiger partial charge >= 0.3 is 0 Å². The van der Waals surface area contributed by atoms with Crippen LogP contribution in [0.2, 0.25) is 0 Å². The fourth-order valence-corrected chi connectivity index (χ4v) is 1.53. The molecule has 1 fully saturated rings. The molecule has 0 amide bonds. The van der Waals surface area contributed by atoms with E-state index < -0.39 is 0 Å². The van der Waals surface area contributed by atoms with E-state index in [2.05, 4.69) is 22.9 Å². The van der Waals surface area contributed by atoms with Gasteiger partial charge in [-0.15, -0.1) is 0 Å². The predicted octanol–water partition coefficient (Wildman–Crippen LogP) is 1.23. The van der Waals surface area contributed by atoms with Crippen molar-refractivity contribution in [1.82, 2.24) is 4.98 Å². The van der Waals surface area contributed by atoms with Crippen LogP contribution in [0.4, 0.5) is 5.69 Å². The van der Waals surface area contributed by atoms with Crippen LogP contribution in [0.5, 0.6) is 0 Å². The van der Waals surface area contributed by atoms with Crippen molar-refractivity contribution >= 4 is 5.69 Å². The maximum Gasteiger partial charge on any atom is 0.0642 e. The summed E-state index contributed by atoms with van der Waals surface area (Å²) in [6, 6.07) is 2.16. The van der Waals surface area contributed by atoms with Crippen LogP contribution in [0.25, 0.3) is 0 Å². The molecule has 0 aliphatic carbocycles.